The summed E-state index contributed by atoms with van der Waals surface area (Å²) in [6.45, 7) is 5.70. The molecule has 4 heteroatoms. The van der Waals surface area contributed by atoms with Gasteiger partial charge in [0, 0.05) is 19.2 Å². The molecule has 0 bridgehead atoms. The Labute approximate surface area is 145 Å². The van der Waals surface area contributed by atoms with Crippen LogP contribution in [0.3, 0.4) is 0 Å². The van der Waals surface area contributed by atoms with Gasteiger partial charge in [0.25, 0.3) is 0 Å². The van der Waals surface area contributed by atoms with Gasteiger partial charge in [0.1, 0.15) is 0 Å². The van der Waals surface area contributed by atoms with Gasteiger partial charge in [-0.15, -0.1) is 0 Å². The molecule has 1 aromatic carbocycles. The number of carbonyl (C=O) groups excluding carboxylic acids is 1. The fraction of sp³-hybridized carbons (Fsp3) is 0.650. The van der Waals surface area contributed by atoms with E-state index >= 15 is 0 Å². The maximum atomic E-state index is 12.2. The van der Waals surface area contributed by atoms with Crippen LogP contribution in [0, 0.1) is 13.8 Å². The average Bonchev–Trinajstić information content (AvgIpc) is 2.98. The second-order valence-electron chi connectivity index (χ2n) is 7.45. The first kappa shape index (κ1) is 17.3. The van der Waals surface area contributed by atoms with E-state index in [2.05, 4.69) is 42.7 Å². The van der Waals surface area contributed by atoms with E-state index in [-0.39, 0.29) is 17.7 Å². The SMILES string of the molecule is Cc1cccc(C)c1CCNC(=O)NC1CCOC2(CCCC2)C1. The van der Waals surface area contributed by atoms with Crippen molar-refractivity contribution in [1.29, 1.82) is 0 Å². The number of rotatable bonds is 4. The van der Waals surface area contributed by atoms with Crippen LogP contribution >= 0.6 is 0 Å². The Balaban J connectivity index is 1.44. The van der Waals surface area contributed by atoms with Gasteiger partial charge in [-0.25, -0.2) is 4.79 Å². The summed E-state index contributed by atoms with van der Waals surface area (Å²) in [6.07, 6.45) is 7.59. The molecule has 1 spiro atoms. The summed E-state index contributed by atoms with van der Waals surface area (Å²) in [5.41, 5.74) is 3.98. The first-order valence-corrected chi connectivity index (χ1v) is 9.31. The smallest absolute Gasteiger partial charge is 0.315 e. The zero-order valence-electron chi connectivity index (χ0n) is 15.0. The van der Waals surface area contributed by atoms with Crippen LogP contribution < -0.4 is 10.6 Å². The lowest BCUT2D eigenvalue weighted by Gasteiger charge is -2.38. The third kappa shape index (κ3) is 4.10. The molecular formula is C20H30N2O2. The first-order chi connectivity index (χ1) is 11.6. The molecule has 0 radical (unpaired) electrons. The lowest BCUT2D eigenvalue weighted by Crippen LogP contribution is -2.50. The number of benzene rings is 1. The molecule has 132 valence electrons. The van der Waals surface area contributed by atoms with Gasteiger partial charge in [0.05, 0.1) is 5.60 Å². The van der Waals surface area contributed by atoms with Gasteiger partial charge in [0.2, 0.25) is 0 Å². The van der Waals surface area contributed by atoms with E-state index in [1.54, 1.807) is 0 Å². The highest BCUT2D eigenvalue weighted by molar-refractivity contribution is 5.74. The second-order valence-corrected chi connectivity index (χ2v) is 7.45. The van der Waals surface area contributed by atoms with Crippen LogP contribution in [0.1, 0.15) is 55.2 Å². The lowest BCUT2D eigenvalue weighted by atomic mass is 9.89. The maximum absolute atomic E-state index is 12.2. The van der Waals surface area contributed by atoms with E-state index in [9.17, 15) is 4.79 Å². The second kappa shape index (κ2) is 7.56. The molecule has 24 heavy (non-hydrogen) atoms. The van der Waals surface area contributed by atoms with E-state index in [1.165, 1.54) is 29.5 Å². The summed E-state index contributed by atoms with van der Waals surface area (Å²) in [4.78, 5) is 12.2. The van der Waals surface area contributed by atoms with Crippen LogP contribution in [0.5, 0.6) is 0 Å². The Morgan fingerprint density at radius 1 is 1.25 bits per heavy atom. The molecule has 1 atom stereocenters. The van der Waals surface area contributed by atoms with Crippen LogP contribution in [0.25, 0.3) is 0 Å². The van der Waals surface area contributed by atoms with Gasteiger partial charge in [-0.1, -0.05) is 31.0 Å². The van der Waals surface area contributed by atoms with Crippen molar-refractivity contribution in [1.82, 2.24) is 10.6 Å². The monoisotopic (exact) mass is 330 g/mol. The normalized spacial score (nSPS) is 22.5. The average molecular weight is 330 g/mol. The van der Waals surface area contributed by atoms with Gasteiger partial charge < -0.3 is 15.4 Å². The number of hydrogen-bond acceptors (Lipinski definition) is 2. The topological polar surface area (TPSA) is 50.4 Å². The van der Waals surface area contributed by atoms with Gasteiger partial charge in [-0.3, -0.25) is 0 Å². The fourth-order valence-corrected chi connectivity index (χ4v) is 4.30. The zero-order valence-corrected chi connectivity index (χ0v) is 15.0. The standard InChI is InChI=1S/C20H30N2O2/c1-15-6-5-7-16(2)18(15)8-12-21-19(23)22-17-9-13-24-20(14-17)10-3-4-11-20/h5-7,17H,3-4,8-14H2,1-2H3,(H2,21,22,23). The van der Waals surface area contributed by atoms with Crippen molar-refractivity contribution in [3.63, 3.8) is 0 Å². The summed E-state index contributed by atoms with van der Waals surface area (Å²) >= 11 is 0. The molecule has 2 fully saturated rings. The van der Waals surface area contributed by atoms with Crippen molar-refractivity contribution in [2.24, 2.45) is 0 Å². The molecule has 1 aliphatic carbocycles. The van der Waals surface area contributed by atoms with Crippen LogP contribution in [-0.4, -0.2) is 30.8 Å². The third-order valence-corrected chi connectivity index (χ3v) is 5.65. The van der Waals surface area contributed by atoms with Crippen LogP contribution in [-0.2, 0) is 11.2 Å². The Kier molecular flexibility index (Phi) is 5.44. The minimum Gasteiger partial charge on any atom is -0.375 e. The largest absolute Gasteiger partial charge is 0.375 e. The predicted octanol–water partition coefficient (Wildman–Crippen LogP) is 3.64. The van der Waals surface area contributed by atoms with Crippen LogP contribution in [0.2, 0.25) is 0 Å². The molecule has 0 aromatic heterocycles. The zero-order chi connectivity index (χ0) is 17.0. The Morgan fingerprint density at radius 2 is 1.96 bits per heavy atom. The summed E-state index contributed by atoms with van der Waals surface area (Å²) in [7, 11) is 0. The van der Waals surface area contributed by atoms with Crippen LogP contribution in [0.4, 0.5) is 4.79 Å². The van der Waals surface area contributed by atoms with Crippen LogP contribution in [0.15, 0.2) is 18.2 Å². The Bertz CT molecular complexity index is 559. The minimum absolute atomic E-state index is 0.0405. The molecule has 1 aliphatic heterocycles. The van der Waals surface area contributed by atoms with E-state index in [4.69, 9.17) is 4.74 Å². The van der Waals surface area contributed by atoms with Crippen molar-refractivity contribution in [3.8, 4) is 0 Å². The van der Waals surface area contributed by atoms with E-state index in [0.29, 0.717) is 6.54 Å². The Hall–Kier alpha value is -1.55. The number of urea groups is 1. The van der Waals surface area contributed by atoms with Gasteiger partial charge in [-0.2, -0.15) is 0 Å². The molecule has 1 saturated carbocycles. The molecule has 2 amide bonds. The quantitative estimate of drug-likeness (QED) is 0.885. The number of aryl methyl sites for hydroxylation is 2. The number of carbonyl (C=O) groups is 1. The predicted molar refractivity (Wildman–Crippen MR) is 96.3 cm³/mol. The molecule has 2 aliphatic rings. The molecule has 1 heterocycles. The Morgan fingerprint density at radius 3 is 2.67 bits per heavy atom. The third-order valence-electron chi connectivity index (χ3n) is 5.65. The van der Waals surface area contributed by atoms with Crippen molar-refractivity contribution >= 4 is 6.03 Å². The molecule has 4 nitrogen and oxygen atoms in total. The van der Waals surface area contributed by atoms with Gasteiger partial charge in [0.15, 0.2) is 0 Å². The number of amides is 2. The number of hydrogen-bond donors (Lipinski definition) is 2. The molecule has 2 N–H and O–H groups in total. The van der Waals surface area contributed by atoms with E-state index in [0.717, 1.165) is 38.7 Å². The molecule has 3 rings (SSSR count). The molecule has 1 unspecified atom stereocenters. The van der Waals surface area contributed by atoms with Gasteiger partial charge in [-0.05, 0) is 62.6 Å². The number of ether oxygens (including phenoxy) is 1. The highest BCUT2D eigenvalue weighted by Gasteiger charge is 2.40. The summed E-state index contributed by atoms with van der Waals surface area (Å²) in [5, 5.41) is 6.18. The van der Waals surface area contributed by atoms with E-state index < -0.39 is 0 Å². The van der Waals surface area contributed by atoms with Crippen molar-refractivity contribution in [3.05, 3.63) is 34.9 Å². The van der Waals surface area contributed by atoms with Crippen molar-refractivity contribution < 1.29 is 9.53 Å². The number of nitrogens with one attached hydrogen (secondary N) is 2. The fourth-order valence-electron chi connectivity index (χ4n) is 4.30. The molecule has 1 aromatic rings. The molecular weight excluding hydrogens is 300 g/mol. The maximum Gasteiger partial charge on any atom is 0.315 e. The molecule has 1 saturated heterocycles. The minimum atomic E-state index is -0.0405. The summed E-state index contributed by atoms with van der Waals surface area (Å²) in [5.74, 6) is 0. The van der Waals surface area contributed by atoms with Gasteiger partial charge >= 0.3 is 6.03 Å². The highest BCUT2D eigenvalue weighted by Crippen LogP contribution is 2.39. The highest BCUT2D eigenvalue weighted by atomic mass is 16.5. The van der Waals surface area contributed by atoms with Crippen molar-refractivity contribution in [2.75, 3.05) is 13.2 Å². The summed E-state index contributed by atoms with van der Waals surface area (Å²) in [6, 6.07) is 6.55. The summed E-state index contributed by atoms with van der Waals surface area (Å²) < 4.78 is 6.03. The van der Waals surface area contributed by atoms with Crippen molar-refractivity contribution in [2.45, 2.75) is 70.4 Å². The first-order valence-electron chi connectivity index (χ1n) is 9.31. The van der Waals surface area contributed by atoms with E-state index in [1.807, 2.05) is 0 Å². The lowest BCUT2D eigenvalue weighted by molar-refractivity contribution is -0.0820.